The lowest BCUT2D eigenvalue weighted by molar-refractivity contribution is -0.121. The van der Waals surface area contributed by atoms with E-state index in [1.807, 2.05) is 91.0 Å². The zero-order valence-electron chi connectivity index (χ0n) is 66.7. The molecule has 9 aromatic rings. The van der Waals surface area contributed by atoms with Crippen LogP contribution in [0.1, 0.15) is 135 Å². The van der Waals surface area contributed by atoms with Crippen molar-refractivity contribution >= 4 is 99.7 Å². The van der Waals surface area contributed by atoms with Crippen molar-refractivity contribution < 1.29 is 111 Å². The summed E-state index contributed by atoms with van der Waals surface area (Å²) in [6.07, 6.45) is 3.02. The van der Waals surface area contributed by atoms with Crippen molar-refractivity contribution in [3.05, 3.63) is 249 Å². The van der Waals surface area contributed by atoms with E-state index in [9.17, 15) is 68.4 Å². The maximum atomic E-state index is 13.7. The van der Waals surface area contributed by atoms with E-state index in [0.717, 1.165) is 50.2 Å². The molecule has 0 saturated carbocycles. The summed E-state index contributed by atoms with van der Waals surface area (Å²) in [5.74, 6) is -6.45. The van der Waals surface area contributed by atoms with Gasteiger partial charge in [-0.1, -0.05) is 109 Å². The predicted molar refractivity (Wildman–Crippen MR) is 438 cm³/mol. The first kappa shape index (κ1) is 89.5. The zero-order valence-corrected chi connectivity index (χ0v) is 69.2. The van der Waals surface area contributed by atoms with Crippen molar-refractivity contribution in [2.24, 2.45) is 0 Å². The van der Waals surface area contributed by atoms with Gasteiger partial charge < -0.3 is 58.6 Å². The number of nitrogens with one attached hydrogen (secondary N) is 3. The number of carbonyl (C=O) groups excluding carboxylic acids is 9. The maximum absolute atomic E-state index is 13.7. The smallest absolute Gasteiger partial charge is 0.264 e. The van der Waals surface area contributed by atoms with E-state index in [4.69, 9.17) is 42.6 Å². The maximum Gasteiger partial charge on any atom is 0.264 e. The molecule has 9 amide bonds. The number of rotatable bonds is 36. The van der Waals surface area contributed by atoms with Crippen LogP contribution in [-0.2, 0) is 77.9 Å². The van der Waals surface area contributed by atoms with Gasteiger partial charge in [0, 0.05) is 18.8 Å². The minimum Gasteiger partial charge on any atom is -0.491 e. The Morgan fingerprint density at radius 1 is 0.342 bits per heavy atom. The van der Waals surface area contributed by atoms with Crippen molar-refractivity contribution in [1.29, 1.82) is 0 Å². The van der Waals surface area contributed by atoms with E-state index in [-0.39, 0.29) is 145 Å². The van der Waals surface area contributed by atoms with Gasteiger partial charge in [0.15, 0.2) is 17.2 Å². The molecule has 3 aliphatic heterocycles. The standard InChI is InChI=1S/3C28H29N3O8S/c3*1-4-39-26-23(37-2)14-13-20(30-26)22(17-40(3,35)36)31-27(33)19-11-8-12-21(25(19)28(31)34)29-24(32)16-38-15-18-9-6-5-7-10-18/h3*5-14,22H,4,15-17H2,1-3H3,(H,29,32)/t2*22-;/m10./s1. The Bertz CT molecular complexity index is 5130. The van der Waals surface area contributed by atoms with E-state index in [1.54, 1.807) is 20.8 Å². The molecule has 6 heterocycles. The fourth-order valence-corrected chi connectivity index (χ4v) is 15.6. The molecular weight excluding hydrogens is 1620 g/mol. The average Bonchev–Trinajstić information content (AvgIpc) is 1.61. The van der Waals surface area contributed by atoms with Gasteiger partial charge in [-0.15, -0.1) is 0 Å². The number of aromatic nitrogens is 3. The largest absolute Gasteiger partial charge is 0.491 e. The van der Waals surface area contributed by atoms with Crippen LogP contribution in [0.2, 0.25) is 0 Å². The number of carbonyl (C=O) groups is 9. The van der Waals surface area contributed by atoms with Crippen LogP contribution in [0.25, 0.3) is 0 Å². The van der Waals surface area contributed by atoms with Crippen LogP contribution >= 0.6 is 0 Å². The highest BCUT2D eigenvalue weighted by Gasteiger charge is 2.48. The second kappa shape index (κ2) is 40.5. The van der Waals surface area contributed by atoms with Crippen LogP contribution in [0.15, 0.2) is 182 Å². The summed E-state index contributed by atoms with van der Waals surface area (Å²) in [4.78, 5) is 135. The zero-order chi connectivity index (χ0) is 86.6. The lowest BCUT2D eigenvalue weighted by atomic mass is 10.1. The van der Waals surface area contributed by atoms with Crippen molar-refractivity contribution in [3.63, 3.8) is 0 Å². The topological polar surface area (TPSA) is 424 Å². The molecule has 36 heteroatoms. The van der Waals surface area contributed by atoms with Gasteiger partial charge in [0.25, 0.3) is 53.1 Å². The molecule has 6 aromatic carbocycles. The molecule has 1 unspecified atom stereocenters. The summed E-state index contributed by atoms with van der Waals surface area (Å²) >= 11 is 0. The lowest BCUT2D eigenvalue weighted by Crippen LogP contribution is -2.38. The lowest BCUT2D eigenvalue weighted by Gasteiger charge is -2.26. The Morgan fingerprint density at radius 3 is 0.817 bits per heavy atom. The van der Waals surface area contributed by atoms with Gasteiger partial charge in [0.1, 0.15) is 49.3 Å². The van der Waals surface area contributed by atoms with Crippen molar-refractivity contribution in [2.75, 3.05) is 113 Å². The Labute approximate surface area is 692 Å². The second-order valence-corrected chi connectivity index (χ2v) is 33.6. The number of nitrogens with zero attached hydrogens (tertiary/aromatic N) is 6. The van der Waals surface area contributed by atoms with Crippen molar-refractivity contribution in [3.8, 4) is 34.9 Å². The highest BCUT2D eigenvalue weighted by Crippen LogP contribution is 2.42. The fourth-order valence-electron chi connectivity index (χ4n) is 12.9. The van der Waals surface area contributed by atoms with E-state index < -0.39 is 118 Å². The molecule has 120 heavy (non-hydrogen) atoms. The van der Waals surface area contributed by atoms with E-state index in [1.165, 1.54) is 112 Å². The monoisotopic (exact) mass is 1700 g/mol. The van der Waals surface area contributed by atoms with Crippen molar-refractivity contribution in [2.45, 2.75) is 58.7 Å². The van der Waals surface area contributed by atoms with Gasteiger partial charge in [-0.25, -0.2) is 40.2 Å². The number of sulfone groups is 3. The summed E-state index contributed by atoms with van der Waals surface area (Å²) in [6.45, 7) is 5.83. The molecule has 0 aliphatic carbocycles. The first-order valence-corrected chi connectivity index (χ1v) is 43.4. The second-order valence-electron chi connectivity index (χ2n) is 27.1. The van der Waals surface area contributed by atoms with E-state index in [0.29, 0.717) is 17.2 Å². The van der Waals surface area contributed by atoms with E-state index >= 15 is 0 Å². The Balaban J connectivity index is 0.000000189. The highest BCUT2D eigenvalue weighted by molar-refractivity contribution is 7.91. The summed E-state index contributed by atoms with van der Waals surface area (Å²) in [5.41, 5.74) is 3.38. The SMILES string of the molecule is CCOc1nc(C(CS(C)(=O)=O)N2C(=O)c3cccc(NC(=O)COCc4ccccc4)c3C2=O)ccc1OC.CCOc1nc([C@@H](CS(C)(=O)=O)N2C(=O)c3cccc(NC(=O)COCc4ccccc4)c3C2=O)ccc1OC.CCOc1nc([C@H](CS(C)(=O)=O)N2C(=O)c3cccc(NC(=O)COCc4ccccc4)c3C2=O)ccc1OC. The van der Waals surface area contributed by atoms with Gasteiger partial charge in [0.05, 0.1) is 164 Å². The summed E-state index contributed by atoms with van der Waals surface area (Å²) in [5, 5.41) is 7.90. The third kappa shape index (κ3) is 22.7. The predicted octanol–water partition coefficient (Wildman–Crippen LogP) is 9.08. The Hall–Kier alpha value is -12.9. The normalized spacial score (nSPS) is 13.6. The molecule has 0 fully saturated rings. The van der Waals surface area contributed by atoms with E-state index in [2.05, 4.69) is 30.9 Å². The average molecular weight is 1700 g/mol. The third-order valence-electron chi connectivity index (χ3n) is 18.1. The first-order valence-electron chi connectivity index (χ1n) is 37.2. The third-order valence-corrected chi connectivity index (χ3v) is 20.8. The number of benzene rings is 6. The molecule has 3 atom stereocenters. The number of fused-ring (bicyclic) bond motifs is 3. The van der Waals surface area contributed by atoms with Crippen LogP contribution in [0.3, 0.4) is 0 Å². The number of pyridine rings is 3. The van der Waals surface area contributed by atoms with Crippen LogP contribution in [0.4, 0.5) is 17.1 Å². The fraction of sp³-hybridized carbons (Fsp3) is 0.286. The number of imide groups is 3. The molecule has 0 bridgehead atoms. The van der Waals surface area contributed by atoms with Gasteiger partial charge in [-0.3, -0.25) is 57.9 Å². The van der Waals surface area contributed by atoms with Gasteiger partial charge in [0.2, 0.25) is 17.7 Å². The van der Waals surface area contributed by atoms with Gasteiger partial charge in [-0.2, -0.15) is 0 Å². The number of anilines is 3. The quantitative estimate of drug-likeness (QED) is 0.0308. The van der Waals surface area contributed by atoms with Crippen LogP contribution < -0.4 is 44.4 Å². The molecule has 3 aromatic heterocycles. The van der Waals surface area contributed by atoms with Gasteiger partial charge >= 0.3 is 0 Å². The Kier molecular flexibility index (Phi) is 30.2. The molecule has 12 rings (SSSR count). The minimum atomic E-state index is -3.69. The number of methoxy groups -OCH3 is 3. The van der Waals surface area contributed by atoms with Gasteiger partial charge in [-0.05, 0) is 110 Å². The summed E-state index contributed by atoms with van der Waals surface area (Å²) in [6, 6.07) is 46.6. The van der Waals surface area contributed by atoms with Crippen molar-refractivity contribution in [1.82, 2.24) is 29.7 Å². The molecule has 33 nitrogen and oxygen atoms in total. The highest BCUT2D eigenvalue weighted by atomic mass is 32.2. The summed E-state index contributed by atoms with van der Waals surface area (Å²) < 4.78 is 123. The molecule has 0 spiro atoms. The molecule has 3 N–H and O–H groups in total. The molecule has 0 radical (unpaired) electrons. The Morgan fingerprint density at radius 2 is 0.592 bits per heavy atom. The number of amides is 9. The minimum absolute atomic E-state index is 0.0325. The number of hydrogen-bond acceptors (Lipinski definition) is 27. The summed E-state index contributed by atoms with van der Waals surface area (Å²) in [7, 11) is -6.78. The number of hydrogen-bond donors (Lipinski definition) is 3. The molecule has 0 saturated heterocycles. The number of ether oxygens (including phenoxy) is 9. The van der Waals surface area contributed by atoms with Crippen LogP contribution in [-0.4, -0.2) is 205 Å². The van der Waals surface area contributed by atoms with Crippen LogP contribution in [0, 0.1) is 0 Å². The molecule has 630 valence electrons. The first-order chi connectivity index (χ1) is 57.4. The molecular formula is C84H87N9O24S3. The molecule has 3 aliphatic rings. The van der Waals surface area contributed by atoms with Crippen LogP contribution in [0.5, 0.6) is 34.9 Å².